The van der Waals surface area contributed by atoms with Gasteiger partial charge in [0.1, 0.15) is 18.2 Å². The fraction of sp³-hybridized carbons (Fsp3) is 0.125. The minimum atomic E-state index is -4.02. The summed E-state index contributed by atoms with van der Waals surface area (Å²) in [6.07, 6.45) is 0. The van der Waals surface area contributed by atoms with Crippen molar-refractivity contribution in [1.82, 2.24) is 4.72 Å². The SMILES string of the molecule is O=C(CNS(=O)(=O)c1ccc(F)cc1)OCC(=O)c1cccc(F)c1. The molecule has 9 heteroatoms. The molecule has 2 aromatic carbocycles. The quantitative estimate of drug-likeness (QED) is 0.592. The fourth-order valence-electron chi connectivity index (χ4n) is 1.79. The zero-order valence-corrected chi connectivity index (χ0v) is 13.6. The topological polar surface area (TPSA) is 89.5 Å². The number of ether oxygens (including phenoxy) is 1. The first kappa shape index (κ1) is 18.7. The fourth-order valence-corrected chi connectivity index (χ4v) is 2.76. The first-order valence-electron chi connectivity index (χ1n) is 6.97. The Kier molecular flexibility index (Phi) is 5.94. The summed E-state index contributed by atoms with van der Waals surface area (Å²) in [5.74, 6) is -2.83. The molecule has 0 amide bonds. The number of hydrogen-bond acceptors (Lipinski definition) is 5. The first-order chi connectivity index (χ1) is 11.8. The van der Waals surface area contributed by atoms with Crippen molar-refractivity contribution in [2.45, 2.75) is 4.90 Å². The van der Waals surface area contributed by atoms with Crippen molar-refractivity contribution < 1.29 is 31.5 Å². The molecule has 0 heterocycles. The number of sulfonamides is 1. The summed E-state index contributed by atoms with van der Waals surface area (Å²) < 4.78 is 56.2. The number of halogens is 2. The summed E-state index contributed by atoms with van der Waals surface area (Å²) in [4.78, 5) is 23.1. The maximum Gasteiger partial charge on any atom is 0.321 e. The van der Waals surface area contributed by atoms with E-state index in [0.29, 0.717) is 0 Å². The summed E-state index contributed by atoms with van der Waals surface area (Å²) >= 11 is 0. The molecule has 0 aromatic heterocycles. The van der Waals surface area contributed by atoms with Crippen molar-refractivity contribution >= 4 is 21.8 Å². The van der Waals surface area contributed by atoms with E-state index in [9.17, 15) is 26.8 Å². The first-order valence-corrected chi connectivity index (χ1v) is 8.46. The van der Waals surface area contributed by atoms with E-state index in [2.05, 4.69) is 4.74 Å². The summed E-state index contributed by atoms with van der Waals surface area (Å²) in [6, 6.07) is 8.85. The number of hydrogen-bond donors (Lipinski definition) is 1. The van der Waals surface area contributed by atoms with Crippen LogP contribution in [-0.4, -0.2) is 33.3 Å². The van der Waals surface area contributed by atoms with Crippen molar-refractivity contribution in [3.8, 4) is 0 Å². The molecular formula is C16H13F2NO5S. The van der Waals surface area contributed by atoms with Crippen LogP contribution in [0.3, 0.4) is 0 Å². The lowest BCUT2D eigenvalue weighted by atomic mass is 10.1. The molecule has 0 aliphatic rings. The molecule has 0 aliphatic heterocycles. The Hall–Kier alpha value is -2.65. The van der Waals surface area contributed by atoms with Gasteiger partial charge in [0.25, 0.3) is 0 Å². The van der Waals surface area contributed by atoms with Crippen LogP contribution in [0.4, 0.5) is 8.78 Å². The molecule has 0 saturated heterocycles. The minimum absolute atomic E-state index is 0.0275. The van der Waals surface area contributed by atoms with Gasteiger partial charge < -0.3 is 4.74 Å². The van der Waals surface area contributed by atoms with Gasteiger partial charge in [-0.1, -0.05) is 12.1 Å². The van der Waals surface area contributed by atoms with Crippen LogP contribution < -0.4 is 4.72 Å². The summed E-state index contributed by atoms with van der Waals surface area (Å²) in [5.41, 5.74) is 0.0275. The molecule has 2 aromatic rings. The molecule has 25 heavy (non-hydrogen) atoms. The van der Waals surface area contributed by atoms with Gasteiger partial charge >= 0.3 is 5.97 Å². The van der Waals surface area contributed by atoms with Crippen LogP contribution in [0.25, 0.3) is 0 Å². The lowest BCUT2D eigenvalue weighted by Crippen LogP contribution is -2.31. The number of Topliss-reactive ketones (excluding diaryl/α,β-unsaturated/α-hetero) is 1. The lowest BCUT2D eigenvalue weighted by Gasteiger charge is -2.07. The van der Waals surface area contributed by atoms with Crippen LogP contribution in [0.5, 0.6) is 0 Å². The van der Waals surface area contributed by atoms with Gasteiger partial charge in [-0.25, -0.2) is 17.2 Å². The van der Waals surface area contributed by atoms with Crippen LogP contribution >= 0.6 is 0 Å². The second-order valence-corrected chi connectivity index (χ2v) is 6.64. The molecule has 0 bridgehead atoms. The normalized spacial score (nSPS) is 11.1. The molecule has 0 unspecified atom stereocenters. The van der Waals surface area contributed by atoms with Crippen LogP contribution in [-0.2, 0) is 19.6 Å². The number of nitrogens with one attached hydrogen (secondary N) is 1. The highest BCUT2D eigenvalue weighted by atomic mass is 32.2. The lowest BCUT2D eigenvalue weighted by molar-refractivity contribution is -0.141. The third-order valence-corrected chi connectivity index (χ3v) is 4.46. The van der Waals surface area contributed by atoms with Gasteiger partial charge in [-0.2, -0.15) is 4.72 Å². The van der Waals surface area contributed by atoms with E-state index in [0.717, 1.165) is 36.4 Å². The van der Waals surface area contributed by atoms with Crippen LogP contribution in [0.1, 0.15) is 10.4 Å². The van der Waals surface area contributed by atoms with Crippen LogP contribution in [0.2, 0.25) is 0 Å². The number of carbonyl (C=O) groups excluding carboxylic acids is 2. The summed E-state index contributed by atoms with van der Waals surface area (Å²) in [7, 11) is -4.02. The van der Waals surface area contributed by atoms with E-state index in [1.54, 1.807) is 0 Å². The molecular weight excluding hydrogens is 356 g/mol. The Labute approximate surface area is 142 Å². The van der Waals surface area contributed by atoms with E-state index >= 15 is 0 Å². The van der Waals surface area contributed by atoms with Crippen molar-refractivity contribution in [2.75, 3.05) is 13.2 Å². The third-order valence-electron chi connectivity index (χ3n) is 3.04. The predicted octanol–water partition coefficient (Wildman–Crippen LogP) is 1.67. The van der Waals surface area contributed by atoms with Crippen molar-refractivity contribution in [3.63, 3.8) is 0 Å². The Morgan fingerprint density at radius 1 is 1.00 bits per heavy atom. The van der Waals surface area contributed by atoms with E-state index in [-0.39, 0.29) is 10.5 Å². The maximum atomic E-state index is 13.0. The molecule has 0 aliphatic carbocycles. The van der Waals surface area contributed by atoms with E-state index in [4.69, 9.17) is 0 Å². The highest BCUT2D eigenvalue weighted by Crippen LogP contribution is 2.09. The van der Waals surface area contributed by atoms with Gasteiger partial charge in [-0.3, -0.25) is 9.59 Å². The van der Waals surface area contributed by atoms with Gasteiger partial charge in [0.05, 0.1) is 4.90 Å². The van der Waals surface area contributed by atoms with Crippen molar-refractivity contribution in [3.05, 3.63) is 65.7 Å². The van der Waals surface area contributed by atoms with E-state index in [1.807, 2.05) is 4.72 Å². The van der Waals surface area contributed by atoms with Gasteiger partial charge in [-0.05, 0) is 36.4 Å². The molecule has 132 valence electrons. The molecule has 0 fully saturated rings. The minimum Gasteiger partial charge on any atom is -0.456 e. The molecule has 2 rings (SSSR count). The van der Waals surface area contributed by atoms with Crippen molar-refractivity contribution in [1.29, 1.82) is 0 Å². The maximum absolute atomic E-state index is 13.0. The van der Waals surface area contributed by atoms with E-state index in [1.165, 1.54) is 12.1 Å². The molecule has 0 radical (unpaired) electrons. The average Bonchev–Trinajstić information content (AvgIpc) is 2.58. The Balaban J connectivity index is 1.86. The van der Waals surface area contributed by atoms with Crippen LogP contribution in [0, 0.1) is 11.6 Å². The third kappa shape index (κ3) is 5.44. The van der Waals surface area contributed by atoms with E-state index < -0.39 is 46.6 Å². The highest BCUT2D eigenvalue weighted by Gasteiger charge is 2.17. The molecule has 1 N–H and O–H groups in total. The molecule has 6 nitrogen and oxygen atoms in total. The predicted molar refractivity (Wildman–Crippen MR) is 83.3 cm³/mol. The molecule has 0 atom stereocenters. The number of carbonyl (C=O) groups is 2. The smallest absolute Gasteiger partial charge is 0.321 e. The molecule has 0 spiro atoms. The standard InChI is InChI=1S/C16H13F2NO5S/c17-12-4-6-14(7-5-12)25(22,23)19-9-16(21)24-10-15(20)11-2-1-3-13(18)8-11/h1-8,19H,9-10H2. The van der Waals surface area contributed by atoms with Crippen molar-refractivity contribution in [2.24, 2.45) is 0 Å². The number of rotatable bonds is 7. The second kappa shape index (κ2) is 7.95. The van der Waals surface area contributed by atoms with Gasteiger partial charge in [0.2, 0.25) is 10.0 Å². The Morgan fingerprint density at radius 3 is 2.32 bits per heavy atom. The largest absolute Gasteiger partial charge is 0.456 e. The van der Waals surface area contributed by atoms with Gasteiger partial charge in [0.15, 0.2) is 12.4 Å². The zero-order chi connectivity index (χ0) is 18.4. The summed E-state index contributed by atoms with van der Waals surface area (Å²) in [5, 5.41) is 0. The summed E-state index contributed by atoms with van der Waals surface area (Å²) in [6.45, 7) is -1.36. The molecule has 0 saturated carbocycles. The second-order valence-electron chi connectivity index (χ2n) is 4.87. The zero-order valence-electron chi connectivity index (χ0n) is 12.7. The Morgan fingerprint density at radius 2 is 1.68 bits per heavy atom. The van der Waals surface area contributed by atoms with Gasteiger partial charge in [0, 0.05) is 5.56 Å². The Bertz CT molecular complexity index is 882. The average molecular weight is 369 g/mol. The monoisotopic (exact) mass is 369 g/mol. The number of benzene rings is 2. The number of ketones is 1. The van der Waals surface area contributed by atoms with Gasteiger partial charge in [-0.15, -0.1) is 0 Å². The van der Waals surface area contributed by atoms with Crippen LogP contribution in [0.15, 0.2) is 53.4 Å². The highest BCUT2D eigenvalue weighted by molar-refractivity contribution is 7.89. The number of esters is 1.